The summed E-state index contributed by atoms with van der Waals surface area (Å²) in [4.78, 5) is 16.3. The van der Waals surface area contributed by atoms with Crippen LogP contribution < -0.4 is 0 Å². The van der Waals surface area contributed by atoms with Gasteiger partial charge in [0.2, 0.25) is 5.78 Å². The van der Waals surface area contributed by atoms with Crippen molar-refractivity contribution in [1.29, 1.82) is 0 Å². The number of halogens is 2. The van der Waals surface area contributed by atoms with Crippen LogP contribution in [-0.2, 0) is 0 Å². The van der Waals surface area contributed by atoms with Gasteiger partial charge in [-0.15, -0.1) is 11.3 Å². The molecule has 0 amide bonds. The van der Waals surface area contributed by atoms with E-state index < -0.39 is 11.6 Å². The first-order valence-electron chi connectivity index (χ1n) is 6.16. The summed E-state index contributed by atoms with van der Waals surface area (Å²) < 4.78 is 26.8. The predicted octanol–water partition coefficient (Wildman–Crippen LogP) is 4.47. The van der Waals surface area contributed by atoms with Crippen molar-refractivity contribution in [3.05, 3.63) is 70.7 Å². The van der Waals surface area contributed by atoms with Gasteiger partial charge < -0.3 is 0 Å². The van der Waals surface area contributed by atoms with E-state index in [0.717, 1.165) is 22.3 Å². The molecule has 0 bridgehead atoms. The van der Waals surface area contributed by atoms with Crippen molar-refractivity contribution < 1.29 is 13.6 Å². The molecule has 0 aliphatic rings. The highest BCUT2D eigenvalue weighted by molar-refractivity contribution is 7.20. The van der Waals surface area contributed by atoms with Crippen molar-refractivity contribution in [2.24, 2.45) is 0 Å². The minimum Gasteiger partial charge on any atom is -0.287 e. The molecule has 1 heterocycles. The Morgan fingerprint density at radius 3 is 2.67 bits per heavy atom. The topological polar surface area (TPSA) is 30.0 Å². The molecule has 21 heavy (non-hydrogen) atoms. The van der Waals surface area contributed by atoms with Gasteiger partial charge in [0.1, 0.15) is 0 Å². The molecule has 0 N–H and O–H groups in total. The number of carbonyl (C=O) groups is 1. The Balaban J connectivity index is 1.84. The van der Waals surface area contributed by atoms with Gasteiger partial charge in [0.15, 0.2) is 16.6 Å². The number of ketones is 1. The molecule has 2 nitrogen and oxygen atoms in total. The maximum Gasteiger partial charge on any atom is 0.214 e. The predicted molar refractivity (Wildman–Crippen MR) is 79.3 cm³/mol. The van der Waals surface area contributed by atoms with Crippen LogP contribution in [0.5, 0.6) is 0 Å². The maximum absolute atomic E-state index is 13.1. The standard InChI is InChI=1S/C16H9F2NOS/c17-11-7-5-10(9-12(11)18)6-8-14(20)16-19-13-3-1-2-4-15(13)21-16/h1-9H. The highest BCUT2D eigenvalue weighted by Crippen LogP contribution is 2.22. The number of para-hydroxylation sites is 1. The summed E-state index contributed by atoms with van der Waals surface area (Å²) in [6.45, 7) is 0. The lowest BCUT2D eigenvalue weighted by Crippen LogP contribution is -1.92. The van der Waals surface area contributed by atoms with E-state index in [1.54, 1.807) is 0 Å². The summed E-state index contributed by atoms with van der Waals surface area (Å²) in [5, 5.41) is 0.370. The highest BCUT2D eigenvalue weighted by atomic mass is 32.1. The van der Waals surface area contributed by atoms with Crippen LogP contribution in [0, 0.1) is 11.6 Å². The van der Waals surface area contributed by atoms with Gasteiger partial charge in [0.25, 0.3) is 0 Å². The Morgan fingerprint density at radius 1 is 1.10 bits per heavy atom. The zero-order valence-corrected chi connectivity index (χ0v) is 11.5. The Bertz CT molecular complexity index is 821. The van der Waals surface area contributed by atoms with Crippen molar-refractivity contribution in [2.45, 2.75) is 0 Å². The van der Waals surface area contributed by atoms with Crippen LogP contribution in [0.3, 0.4) is 0 Å². The Labute approximate surface area is 123 Å². The number of allylic oxidation sites excluding steroid dienone is 1. The molecule has 0 saturated carbocycles. The summed E-state index contributed by atoms with van der Waals surface area (Å²) in [7, 11) is 0. The fraction of sp³-hybridized carbons (Fsp3) is 0. The number of nitrogens with zero attached hydrogens (tertiary/aromatic N) is 1. The lowest BCUT2D eigenvalue weighted by atomic mass is 10.2. The fourth-order valence-corrected chi connectivity index (χ4v) is 2.72. The van der Waals surface area contributed by atoms with Gasteiger partial charge in [-0.1, -0.05) is 24.3 Å². The highest BCUT2D eigenvalue weighted by Gasteiger charge is 2.09. The van der Waals surface area contributed by atoms with Crippen LogP contribution in [0.2, 0.25) is 0 Å². The van der Waals surface area contributed by atoms with Gasteiger partial charge in [0, 0.05) is 0 Å². The molecular weight excluding hydrogens is 292 g/mol. The van der Waals surface area contributed by atoms with Crippen LogP contribution in [-0.4, -0.2) is 10.8 Å². The maximum atomic E-state index is 13.1. The van der Waals surface area contributed by atoms with Crippen molar-refractivity contribution in [3.8, 4) is 0 Å². The van der Waals surface area contributed by atoms with E-state index in [2.05, 4.69) is 4.98 Å². The van der Waals surface area contributed by atoms with Crippen LogP contribution in [0.4, 0.5) is 8.78 Å². The molecule has 0 fully saturated rings. The Kier molecular flexibility index (Phi) is 3.58. The Morgan fingerprint density at radius 2 is 1.90 bits per heavy atom. The minimum absolute atomic E-state index is 0.263. The van der Waals surface area contributed by atoms with Crippen LogP contribution in [0.25, 0.3) is 16.3 Å². The molecule has 1 aromatic heterocycles. The molecule has 0 atom stereocenters. The second-order valence-electron chi connectivity index (χ2n) is 4.36. The molecular formula is C16H9F2NOS. The molecule has 104 valence electrons. The van der Waals surface area contributed by atoms with E-state index in [1.165, 1.54) is 29.6 Å². The molecule has 0 spiro atoms. The molecule has 3 rings (SSSR count). The third-order valence-corrected chi connectivity index (χ3v) is 3.93. The number of carbonyl (C=O) groups excluding carboxylic acids is 1. The van der Waals surface area contributed by atoms with Gasteiger partial charge in [0.05, 0.1) is 10.2 Å². The zero-order chi connectivity index (χ0) is 14.8. The molecule has 0 radical (unpaired) electrons. The van der Waals surface area contributed by atoms with Gasteiger partial charge in [-0.2, -0.15) is 0 Å². The van der Waals surface area contributed by atoms with E-state index >= 15 is 0 Å². The molecule has 3 aromatic rings. The van der Waals surface area contributed by atoms with Crippen molar-refractivity contribution in [3.63, 3.8) is 0 Å². The number of hydrogen-bond acceptors (Lipinski definition) is 3. The molecule has 5 heteroatoms. The quantitative estimate of drug-likeness (QED) is 0.527. The largest absolute Gasteiger partial charge is 0.287 e. The van der Waals surface area contributed by atoms with Crippen LogP contribution in [0.15, 0.2) is 48.5 Å². The second kappa shape index (κ2) is 5.54. The van der Waals surface area contributed by atoms with Gasteiger partial charge >= 0.3 is 0 Å². The van der Waals surface area contributed by atoms with Crippen LogP contribution in [0.1, 0.15) is 15.4 Å². The first kappa shape index (κ1) is 13.6. The normalized spacial score (nSPS) is 11.3. The summed E-state index contributed by atoms with van der Waals surface area (Å²) >= 11 is 1.30. The van der Waals surface area contributed by atoms with Gasteiger partial charge in [-0.05, 0) is 35.9 Å². The number of benzene rings is 2. The van der Waals surface area contributed by atoms with Crippen molar-refractivity contribution in [2.75, 3.05) is 0 Å². The third kappa shape index (κ3) is 2.87. The molecule has 0 unspecified atom stereocenters. The summed E-state index contributed by atoms with van der Waals surface area (Å²) in [6.07, 6.45) is 2.75. The monoisotopic (exact) mass is 301 g/mol. The lowest BCUT2D eigenvalue weighted by molar-refractivity contribution is 0.104. The molecule has 0 aliphatic heterocycles. The van der Waals surface area contributed by atoms with Gasteiger partial charge in [-0.25, -0.2) is 13.8 Å². The lowest BCUT2D eigenvalue weighted by Gasteiger charge is -1.95. The number of fused-ring (bicyclic) bond motifs is 1. The van der Waals surface area contributed by atoms with Crippen molar-refractivity contribution in [1.82, 2.24) is 4.98 Å². The van der Waals surface area contributed by atoms with E-state index in [0.29, 0.717) is 10.6 Å². The number of aromatic nitrogens is 1. The van der Waals surface area contributed by atoms with Crippen molar-refractivity contribution >= 4 is 33.4 Å². The first-order chi connectivity index (χ1) is 10.1. The number of thiazole rings is 1. The minimum atomic E-state index is -0.940. The summed E-state index contributed by atoms with van der Waals surface area (Å²) in [5.74, 6) is -2.12. The molecule has 2 aromatic carbocycles. The van der Waals surface area contributed by atoms with Crippen LogP contribution >= 0.6 is 11.3 Å². The van der Waals surface area contributed by atoms with E-state index in [4.69, 9.17) is 0 Å². The fourth-order valence-electron chi connectivity index (χ4n) is 1.84. The SMILES string of the molecule is O=C(C=Cc1ccc(F)c(F)c1)c1nc2ccccc2s1. The summed E-state index contributed by atoms with van der Waals surface area (Å²) in [6, 6.07) is 10.9. The van der Waals surface area contributed by atoms with Gasteiger partial charge in [-0.3, -0.25) is 4.79 Å². The average molecular weight is 301 g/mol. The average Bonchev–Trinajstić information content (AvgIpc) is 2.92. The third-order valence-electron chi connectivity index (χ3n) is 2.88. The Hall–Kier alpha value is -2.40. The summed E-state index contributed by atoms with van der Waals surface area (Å²) in [5.41, 5.74) is 1.19. The van der Waals surface area contributed by atoms with E-state index in [1.807, 2.05) is 24.3 Å². The number of rotatable bonds is 3. The number of hydrogen-bond donors (Lipinski definition) is 0. The zero-order valence-electron chi connectivity index (χ0n) is 10.7. The first-order valence-corrected chi connectivity index (χ1v) is 6.98. The molecule has 0 aliphatic carbocycles. The van der Waals surface area contributed by atoms with E-state index in [9.17, 15) is 13.6 Å². The second-order valence-corrected chi connectivity index (χ2v) is 5.39. The smallest absolute Gasteiger partial charge is 0.214 e. The molecule has 0 saturated heterocycles. The van der Waals surface area contributed by atoms with E-state index in [-0.39, 0.29) is 5.78 Å².